The molecule has 0 fully saturated rings. The van der Waals surface area contributed by atoms with Crippen molar-refractivity contribution in [3.63, 3.8) is 0 Å². The molecule has 8 heteroatoms. The van der Waals surface area contributed by atoms with Crippen LogP contribution in [0.4, 0.5) is 0 Å². The molecule has 0 amide bonds. The summed E-state index contributed by atoms with van der Waals surface area (Å²) >= 11 is 0. The van der Waals surface area contributed by atoms with Crippen LogP contribution in [0.5, 0.6) is 0 Å². The van der Waals surface area contributed by atoms with E-state index >= 15 is 0 Å². The molecule has 0 spiro atoms. The van der Waals surface area contributed by atoms with Gasteiger partial charge in [-0.1, -0.05) is 172 Å². The largest absolute Gasteiger partial charge is 0.296 e. The van der Waals surface area contributed by atoms with Gasteiger partial charge >= 0.3 is 0 Å². The zero-order chi connectivity index (χ0) is 51.8. The van der Waals surface area contributed by atoms with Crippen molar-refractivity contribution in [3.8, 4) is 79.2 Å². The molecule has 13 aromatic rings. The number of aromatic nitrogens is 8. The highest BCUT2D eigenvalue weighted by atomic mass is 15.1. The number of hydrogen-bond acceptors (Lipinski definition) is 6. The van der Waals surface area contributed by atoms with Crippen LogP contribution in [0.15, 0.2) is 231 Å². The maximum Gasteiger partial charge on any atom is 0.160 e. The van der Waals surface area contributed by atoms with E-state index in [4.69, 9.17) is 29.9 Å². The van der Waals surface area contributed by atoms with E-state index in [0.717, 1.165) is 114 Å². The van der Waals surface area contributed by atoms with Gasteiger partial charge in [0.25, 0.3) is 0 Å². The molecule has 2 unspecified atom stereocenters. The number of para-hydroxylation sites is 4. The molecule has 3 aliphatic carbocycles. The third-order valence-corrected chi connectivity index (χ3v) is 15.9. The minimum Gasteiger partial charge on any atom is -0.296 e. The summed E-state index contributed by atoms with van der Waals surface area (Å²) in [6, 6.07) is 82.1. The lowest BCUT2D eigenvalue weighted by Gasteiger charge is -2.42. The molecule has 0 saturated heterocycles. The third kappa shape index (κ3) is 7.51. The maximum atomic E-state index is 5.31. The van der Waals surface area contributed by atoms with Crippen molar-refractivity contribution < 1.29 is 0 Å². The average molecular weight is 1000 g/mol. The van der Waals surface area contributed by atoms with E-state index in [-0.39, 0.29) is 11.8 Å². The summed E-state index contributed by atoms with van der Waals surface area (Å²) in [5, 5.41) is 0. The minimum absolute atomic E-state index is 0.0418. The Hall–Kier alpha value is -9.92. The van der Waals surface area contributed by atoms with Crippen LogP contribution in [-0.2, 0) is 12.8 Å². The van der Waals surface area contributed by atoms with E-state index in [1.54, 1.807) is 0 Å². The van der Waals surface area contributed by atoms with E-state index in [1.165, 1.54) is 33.4 Å². The van der Waals surface area contributed by atoms with E-state index in [9.17, 15) is 0 Å². The standard InChI is InChI=1S/C70H50N8/c1-3-65-71-57-23-13-15-25-63(57)77(65)49-33-27-43(28-34-49)59-41-61(75-69(73-59)45-17-7-5-8-18-45)47-31-37-53-55(39-47)67-51-21-11-12-22-52(51)68(53)56-40-48(32-38-54(56)67)62-42-60(74-70(76-62)46-19-9-6-10-20-46)44-29-35-50(36-30-44)78-64-26-16-14-24-58(64)72-66(78)4-2/h5-42,67-68H,3-4H2,1-2H3. The summed E-state index contributed by atoms with van der Waals surface area (Å²) in [6.07, 6.45) is 1.66. The summed E-state index contributed by atoms with van der Waals surface area (Å²) in [7, 11) is 0. The molecular formula is C70H50N8. The Labute approximate surface area is 452 Å². The summed E-state index contributed by atoms with van der Waals surface area (Å²) in [5.41, 5.74) is 24.0. The van der Waals surface area contributed by atoms with E-state index in [0.29, 0.717) is 11.6 Å². The number of nitrogens with zero attached hydrogens (tertiary/aromatic N) is 8. The van der Waals surface area contributed by atoms with Crippen LogP contribution < -0.4 is 0 Å². The molecule has 2 atom stereocenters. The summed E-state index contributed by atoms with van der Waals surface area (Å²) in [5.74, 6) is 3.54. The van der Waals surface area contributed by atoms with E-state index < -0.39 is 0 Å². The van der Waals surface area contributed by atoms with Crippen LogP contribution in [0, 0.1) is 0 Å². The highest BCUT2D eigenvalue weighted by Crippen LogP contribution is 2.57. The van der Waals surface area contributed by atoms with Crippen LogP contribution in [0.2, 0.25) is 0 Å². The summed E-state index contributed by atoms with van der Waals surface area (Å²) in [6.45, 7) is 4.31. The molecule has 370 valence electrons. The second-order valence-corrected chi connectivity index (χ2v) is 20.3. The fourth-order valence-corrected chi connectivity index (χ4v) is 12.2. The quantitative estimate of drug-likeness (QED) is 0.136. The lowest BCUT2D eigenvalue weighted by molar-refractivity contribution is 0.755. The van der Waals surface area contributed by atoms with Crippen molar-refractivity contribution in [2.24, 2.45) is 0 Å². The number of hydrogen-bond donors (Lipinski definition) is 0. The average Bonchev–Trinajstić information content (AvgIpc) is 3.93. The van der Waals surface area contributed by atoms with Gasteiger partial charge in [-0.25, -0.2) is 29.9 Å². The van der Waals surface area contributed by atoms with Crippen molar-refractivity contribution in [2.75, 3.05) is 0 Å². The van der Waals surface area contributed by atoms with Crippen LogP contribution in [0.3, 0.4) is 0 Å². The first-order chi connectivity index (χ1) is 38.5. The molecular weight excluding hydrogens is 953 g/mol. The van der Waals surface area contributed by atoms with Gasteiger partial charge in [0.15, 0.2) is 11.6 Å². The molecule has 0 saturated carbocycles. The summed E-state index contributed by atoms with van der Waals surface area (Å²) in [4.78, 5) is 31.0. The van der Waals surface area contributed by atoms with Gasteiger partial charge in [-0.2, -0.15) is 0 Å². The molecule has 9 aromatic carbocycles. The van der Waals surface area contributed by atoms with Crippen molar-refractivity contribution in [3.05, 3.63) is 276 Å². The second-order valence-electron chi connectivity index (χ2n) is 20.3. The van der Waals surface area contributed by atoms with E-state index in [1.807, 2.05) is 48.5 Å². The predicted octanol–water partition coefficient (Wildman–Crippen LogP) is 16.1. The fourth-order valence-electron chi connectivity index (χ4n) is 12.2. The van der Waals surface area contributed by atoms with Crippen molar-refractivity contribution in [2.45, 2.75) is 38.5 Å². The molecule has 16 rings (SSSR count). The Balaban J connectivity index is 0.810. The number of aryl methyl sites for hydroxylation is 2. The van der Waals surface area contributed by atoms with Gasteiger partial charge in [0, 0.05) is 69.4 Å². The molecule has 78 heavy (non-hydrogen) atoms. The van der Waals surface area contributed by atoms with Gasteiger partial charge in [-0.3, -0.25) is 9.13 Å². The normalized spacial score (nSPS) is 14.1. The van der Waals surface area contributed by atoms with Crippen molar-refractivity contribution >= 4 is 22.1 Å². The molecule has 0 radical (unpaired) electrons. The molecule has 0 aliphatic heterocycles. The van der Waals surface area contributed by atoms with E-state index in [2.05, 4.69) is 205 Å². The topological polar surface area (TPSA) is 87.2 Å². The number of benzene rings is 9. The van der Waals surface area contributed by atoms with Crippen LogP contribution in [0.1, 0.15) is 70.7 Å². The first-order valence-corrected chi connectivity index (χ1v) is 27.0. The Morgan fingerprint density at radius 1 is 0.295 bits per heavy atom. The predicted molar refractivity (Wildman–Crippen MR) is 313 cm³/mol. The molecule has 0 N–H and O–H groups in total. The van der Waals surface area contributed by atoms with Crippen LogP contribution in [0.25, 0.3) is 101 Å². The summed E-state index contributed by atoms with van der Waals surface area (Å²) < 4.78 is 4.53. The van der Waals surface area contributed by atoms with Crippen LogP contribution in [-0.4, -0.2) is 39.0 Å². The lowest BCUT2D eigenvalue weighted by atomic mass is 9.60. The maximum absolute atomic E-state index is 5.31. The van der Waals surface area contributed by atoms with Gasteiger partial charge in [-0.15, -0.1) is 0 Å². The first-order valence-electron chi connectivity index (χ1n) is 27.0. The van der Waals surface area contributed by atoms with Crippen molar-refractivity contribution in [1.29, 1.82) is 0 Å². The Kier molecular flexibility index (Phi) is 10.7. The first kappa shape index (κ1) is 45.5. The zero-order valence-corrected chi connectivity index (χ0v) is 43.1. The lowest BCUT2D eigenvalue weighted by Crippen LogP contribution is -2.27. The van der Waals surface area contributed by atoms with Gasteiger partial charge in [0.1, 0.15) is 11.6 Å². The fraction of sp³-hybridized carbons (Fsp3) is 0.0857. The van der Waals surface area contributed by atoms with Gasteiger partial charge in [0.05, 0.1) is 44.8 Å². The zero-order valence-electron chi connectivity index (χ0n) is 43.1. The molecule has 4 heterocycles. The number of fused-ring (bicyclic) bond motifs is 2. The minimum atomic E-state index is 0.0418. The monoisotopic (exact) mass is 1000 g/mol. The Morgan fingerprint density at radius 3 is 1.05 bits per heavy atom. The highest BCUT2D eigenvalue weighted by Gasteiger charge is 2.41. The van der Waals surface area contributed by atoms with Crippen molar-refractivity contribution in [1.82, 2.24) is 39.0 Å². The van der Waals surface area contributed by atoms with Gasteiger partial charge in [-0.05, 0) is 106 Å². The second kappa shape index (κ2) is 18.4. The highest BCUT2D eigenvalue weighted by molar-refractivity contribution is 5.82. The van der Waals surface area contributed by atoms with Gasteiger partial charge < -0.3 is 0 Å². The smallest absolute Gasteiger partial charge is 0.160 e. The molecule has 8 nitrogen and oxygen atoms in total. The number of imidazole rings is 2. The third-order valence-electron chi connectivity index (χ3n) is 15.9. The van der Waals surface area contributed by atoms with Crippen LogP contribution >= 0.6 is 0 Å². The Bertz CT molecular complexity index is 4170. The SMILES string of the molecule is CCc1nc2ccccc2n1-c1ccc(-c2cc(-c3ccc4c(c3)C3c5ccccc5C4c4cc(-c5cc(-c6ccc(-n7c(CC)nc8ccccc87)cc6)nc(-c6ccccc6)n5)ccc43)nc(-c3ccccc3)n2)cc1. The molecule has 4 aromatic heterocycles. The molecule has 3 aliphatic rings. The Morgan fingerprint density at radius 2 is 0.641 bits per heavy atom. The molecule has 2 bridgehead atoms. The van der Waals surface area contributed by atoms with Gasteiger partial charge in [0.2, 0.25) is 0 Å². The number of rotatable bonds is 10.